The first-order valence-electron chi connectivity index (χ1n) is 6.72. The molecule has 0 aliphatic heterocycles. The molecule has 110 valence electrons. The van der Waals surface area contributed by atoms with Crippen LogP contribution in [0.5, 0.6) is 0 Å². The van der Waals surface area contributed by atoms with E-state index in [-0.39, 0.29) is 17.1 Å². The van der Waals surface area contributed by atoms with Crippen LogP contribution in [0.3, 0.4) is 0 Å². The highest BCUT2D eigenvalue weighted by molar-refractivity contribution is 9.10. The van der Waals surface area contributed by atoms with Gasteiger partial charge in [-0.05, 0) is 53.9 Å². The van der Waals surface area contributed by atoms with Crippen LogP contribution in [0.2, 0.25) is 5.15 Å². The number of carbonyl (C=O) groups excluding carboxylic acids is 1. The predicted molar refractivity (Wildman–Crippen MR) is 83.3 cm³/mol. The summed E-state index contributed by atoms with van der Waals surface area (Å²) in [5, 5.41) is 0.226. The third-order valence-corrected chi connectivity index (χ3v) is 4.14. The Bertz CT molecular complexity index is 682. The topological polar surface area (TPSA) is 46.3 Å². The molecule has 4 nitrogen and oxygen atoms in total. The molecule has 1 fully saturated rings. The Balaban J connectivity index is 1.86. The number of carbonyl (C=O) groups is 1. The third kappa shape index (κ3) is 3.30. The van der Waals surface area contributed by atoms with E-state index in [4.69, 9.17) is 16.0 Å². The summed E-state index contributed by atoms with van der Waals surface area (Å²) in [5.41, 5.74) is 0.418. The molecule has 2 aromatic rings. The van der Waals surface area contributed by atoms with Crippen LogP contribution in [0.1, 0.15) is 34.7 Å². The predicted octanol–water partition coefficient (Wildman–Crippen LogP) is 4.20. The standard InChI is InChI=1S/C15H14BrClN2O2/c1-9-2-5-12(21-9)8-19(11-3-4-11)15(20)13-6-10(16)7-18-14(13)17/h2,5-7,11H,3-4,8H2,1H3. The SMILES string of the molecule is Cc1ccc(CN(C(=O)c2cc(Br)cnc2Cl)C2CC2)o1. The molecule has 1 saturated carbocycles. The van der Waals surface area contributed by atoms with E-state index in [1.54, 1.807) is 12.3 Å². The number of aromatic nitrogens is 1. The van der Waals surface area contributed by atoms with Crippen molar-refractivity contribution in [3.63, 3.8) is 0 Å². The molecule has 2 aromatic heterocycles. The van der Waals surface area contributed by atoms with Crippen molar-refractivity contribution in [2.75, 3.05) is 0 Å². The highest BCUT2D eigenvalue weighted by atomic mass is 79.9. The van der Waals surface area contributed by atoms with Gasteiger partial charge in [-0.25, -0.2) is 4.98 Å². The molecule has 21 heavy (non-hydrogen) atoms. The van der Waals surface area contributed by atoms with Crippen molar-refractivity contribution >= 4 is 33.4 Å². The Morgan fingerprint density at radius 2 is 2.29 bits per heavy atom. The molecular formula is C15H14BrClN2O2. The maximum absolute atomic E-state index is 12.7. The van der Waals surface area contributed by atoms with Crippen LogP contribution in [0.25, 0.3) is 0 Å². The minimum Gasteiger partial charge on any atom is -0.464 e. The van der Waals surface area contributed by atoms with Crippen molar-refractivity contribution in [3.05, 3.63) is 51.1 Å². The van der Waals surface area contributed by atoms with Crippen LogP contribution < -0.4 is 0 Å². The molecular weight excluding hydrogens is 356 g/mol. The number of rotatable bonds is 4. The zero-order valence-electron chi connectivity index (χ0n) is 11.5. The normalized spacial score (nSPS) is 14.2. The minimum absolute atomic E-state index is 0.106. The van der Waals surface area contributed by atoms with Gasteiger partial charge in [0.05, 0.1) is 12.1 Å². The number of nitrogens with zero attached hydrogens (tertiary/aromatic N) is 2. The molecule has 0 aromatic carbocycles. The monoisotopic (exact) mass is 368 g/mol. The number of halogens is 2. The van der Waals surface area contributed by atoms with E-state index in [0.29, 0.717) is 12.1 Å². The number of aryl methyl sites for hydroxylation is 1. The van der Waals surface area contributed by atoms with Crippen molar-refractivity contribution in [1.29, 1.82) is 0 Å². The summed E-state index contributed by atoms with van der Waals surface area (Å²) in [4.78, 5) is 18.6. The van der Waals surface area contributed by atoms with Gasteiger partial charge in [-0.1, -0.05) is 11.6 Å². The Hall–Kier alpha value is -1.33. The van der Waals surface area contributed by atoms with Crippen LogP contribution >= 0.6 is 27.5 Å². The number of pyridine rings is 1. The van der Waals surface area contributed by atoms with Crippen molar-refractivity contribution in [2.45, 2.75) is 32.4 Å². The highest BCUT2D eigenvalue weighted by Crippen LogP contribution is 2.31. The molecule has 1 aliphatic rings. The van der Waals surface area contributed by atoms with Crippen molar-refractivity contribution < 1.29 is 9.21 Å². The second kappa shape index (κ2) is 5.81. The fraction of sp³-hybridized carbons (Fsp3) is 0.333. The summed E-state index contributed by atoms with van der Waals surface area (Å²) in [6.45, 7) is 2.35. The maximum Gasteiger partial charge on any atom is 0.257 e. The summed E-state index contributed by atoms with van der Waals surface area (Å²) in [7, 11) is 0. The molecule has 0 N–H and O–H groups in total. The molecule has 0 unspecified atom stereocenters. The van der Waals surface area contributed by atoms with Crippen molar-refractivity contribution in [1.82, 2.24) is 9.88 Å². The first kappa shape index (κ1) is 14.6. The van der Waals surface area contributed by atoms with Gasteiger partial charge < -0.3 is 9.32 Å². The molecule has 0 radical (unpaired) electrons. The van der Waals surface area contributed by atoms with Gasteiger partial charge in [0.25, 0.3) is 5.91 Å². The largest absolute Gasteiger partial charge is 0.464 e. The molecule has 3 rings (SSSR count). The fourth-order valence-electron chi connectivity index (χ4n) is 2.22. The summed E-state index contributed by atoms with van der Waals surface area (Å²) >= 11 is 9.39. The van der Waals surface area contributed by atoms with Crippen LogP contribution in [0.15, 0.2) is 33.3 Å². The Morgan fingerprint density at radius 1 is 1.52 bits per heavy atom. The van der Waals surface area contributed by atoms with Crippen molar-refractivity contribution in [2.24, 2.45) is 0 Å². The van der Waals surface area contributed by atoms with E-state index in [0.717, 1.165) is 28.8 Å². The van der Waals surface area contributed by atoms with E-state index in [1.165, 1.54) is 0 Å². The van der Waals surface area contributed by atoms with Gasteiger partial charge in [-0.3, -0.25) is 4.79 Å². The lowest BCUT2D eigenvalue weighted by atomic mass is 10.2. The van der Waals surface area contributed by atoms with Gasteiger partial charge in [-0.2, -0.15) is 0 Å². The van der Waals surface area contributed by atoms with Crippen LogP contribution in [0, 0.1) is 6.92 Å². The highest BCUT2D eigenvalue weighted by Gasteiger charge is 2.34. The number of furan rings is 1. The van der Waals surface area contributed by atoms with Crippen LogP contribution in [0.4, 0.5) is 0 Å². The number of amides is 1. The second-order valence-corrected chi connectivity index (χ2v) is 6.44. The van der Waals surface area contributed by atoms with E-state index < -0.39 is 0 Å². The molecule has 2 heterocycles. The Morgan fingerprint density at radius 3 is 2.90 bits per heavy atom. The second-order valence-electron chi connectivity index (χ2n) is 5.17. The molecule has 0 atom stereocenters. The quantitative estimate of drug-likeness (QED) is 0.759. The van der Waals surface area contributed by atoms with Gasteiger partial charge in [-0.15, -0.1) is 0 Å². The van der Waals surface area contributed by atoms with Crippen molar-refractivity contribution in [3.8, 4) is 0 Å². The molecule has 0 spiro atoms. The lowest BCUT2D eigenvalue weighted by molar-refractivity contribution is 0.0716. The average molecular weight is 370 g/mol. The molecule has 0 bridgehead atoms. The first-order valence-corrected chi connectivity index (χ1v) is 7.89. The molecule has 1 amide bonds. The van der Waals surface area contributed by atoms with Crippen LogP contribution in [-0.4, -0.2) is 21.8 Å². The van der Waals surface area contributed by atoms with Gasteiger partial charge in [0.15, 0.2) is 0 Å². The lowest BCUT2D eigenvalue weighted by Crippen LogP contribution is -2.32. The minimum atomic E-state index is -0.106. The van der Waals surface area contributed by atoms with Gasteiger partial charge >= 0.3 is 0 Å². The fourth-order valence-corrected chi connectivity index (χ4v) is 2.73. The van der Waals surface area contributed by atoms with Crippen LogP contribution in [-0.2, 0) is 6.54 Å². The first-order chi connectivity index (χ1) is 10.0. The Kier molecular flexibility index (Phi) is 4.04. The van der Waals surface area contributed by atoms with Gasteiger partial charge in [0.2, 0.25) is 0 Å². The van der Waals surface area contributed by atoms with E-state index in [1.807, 2.05) is 24.0 Å². The number of hydrogen-bond acceptors (Lipinski definition) is 3. The van der Waals surface area contributed by atoms with Gasteiger partial charge in [0, 0.05) is 16.7 Å². The lowest BCUT2D eigenvalue weighted by Gasteiger charge is -2.21. The zero-order valence-corrected chi connectivity index (χ0v) is 13.8. The van der Waals surface area contributed by atoms with E-state index in [9.17, 15) is 4.79 Å². The molecule has 0 saturated heterocycles. The summed E-state index contributed by atoms with van der Waals surface area (Å²) in [5.74, 6) is 1.52. The summed E-state index contributed by atoms with van der Waals surface area (Å²) < 4.78 is 6.32. The molecule has 6 heteroatoms. The van der Waals surface area contributed by atoms with E-state index >= 15 is 0 Å². The maximum atomic E-state index is 12.7. The number of hydrogen-bond donors (Lipinski definition) is 0. The Labute approximate surface area is 136 Å². The summed E-state index contributed by atoms with van der Waals surface area (Å²) in [6, 6.07) is 5.77. The smallest absolute Gasteiger partial charge is 0.257 e. The summed E-state index contributed by atoms with van der Waals surface area (Å²) in [6.07, 6.45) is 3.62. The van der Waals surface area contributed by atoms with Gasteiger partial charge in [0.1, 0.15) is 16.7 Å². The molecule has 1 aliphatic carbocycles. The average Bonchev–Trinajstić information content (AvgIpc) is 3.21. The van der Waals surface area contributed by atoms with E-state index in [2.05, 4.69) is 20.9 Å². The zero-order chi connectivity index (χ0) is 15.0. The third-order valence-electron chi connectivity index (χ3n) is 3.41.